The number of hydrogen-bond donors (Lipinski definition) is 2. The average molecular weight is 427 g/mol. The number of hydrogen-bond acceptors (Lipinski definition) is 3. The molecular weight excluding hydrogens is 413 g/mol. The van der Waals surface area contributed by atoms with Crippen LogP contribution < -0.4 is 10.0 Å². The number of amides is 1. The molecule has 1 aromatic rings. The second-order valence-electron chi connectivity index (χ2n) is 6.61. The van der Waals surface area contributed by atoms with Gasteiger partial charge < -0.3 is 5.32 Å². The van der Waals surface area contributed by atoms with Crippen molar-refractivity contribution in [2.24, 2.45) is 5.41 Å². The van der Waals surface area contributed by atoms with Crippen LogP contribution in [0.3, 0.4) is 0 Å². The van der Waals surface area contributed by atoms with Gasteiger partial charge in [-0.25, -0.2) is 8.42 Å². The lowest BCUT2D eigenvalue weighted by molar-refractivity contribution is -0.336. The highest BCUT2D eigenvalue weighted by atomic mass is 79.9. The molecule has 0 heterocycles. The predicted molar refractivity (Wildman–Crippen MR) is 85.1 cm³/mol. The van der Waals surface area contributed by atoms with Crippen LogP contribution in [-0.4, -0.2) is 32.3 Å². The maximum atomic E-state index is 12.9. The number of anilines is 1. The van der Waals surface area contributed by atoms with Crippen molar-refractivity contribution >= 4 is 37.5 Å². The molecule has 3 aliphatic carbocycles. The summed E-state index contributed by atoms with van der Waals surface area (Å²) in [6, 6.07) is 4.40. The van der Waals surface area contributed by atoms with E-state index in [1.54, 1.807) is 6.07 Å². The third-order valence-corrected chi connectivity index (χ3v) is 5.62. The van der Waals surface area contributed by atoms with Gasteiger partial charge in [-0.3, -0.25) is 9.52 Å². The van der Waals surface area contributed by atoms with Gasteiger partial charge in [-0.1, -0.05) is 15.9 Å². The van der Waals surface area contributed by atoms with Crippen molar-refractivity contribution in [2.45, 2.75) is 31.0 Å². The van der Waals surface area contributed by atoms with Crippen LogP contribution in [0.1, 0.15) is 29.6 Å². The fourth-order valence-electron chi connectivity index (χ4n) is 3.53. The summed E-state index contributed by atoms with van der Waals surface area (Å²) in [6.45, 7) is 0. The van der Waals surface area contributed by atoms with E-state index in [0.717, 1.165) is 6.26 Å². The van der Waals surface area contributed by atoms with Gasteiger partial charge in [0.05, 0.1) is 22.9 Å². The molecular formula is C14H14BrF3N2O3S. The lowest BCUT2D eigenvalue weighted by atomic mass is 9.39. The molecule has 3 saturated carbocycles. The van der Waals surface area contributed by atoms with E-state index in [2.05, 4.69) is 26.0 Å². The number of nitrogens with one attached hydrogen (secondary N) is 2. The maximum Gasteiger partial charge on any atom is 0.394 e. The highest BCUT2D eigenvalue weighted by Crippen LogP contribution is 2.73. The van der Waals surface area contributed by atoms with Crippen LogP contribution in [0.15, 0.2) is 22.7 Å². The highest BCUT2D eigenvalue weighted by Gasteiger charge is 2.79. The molecule has 3 aliphatic rings. The SMILES string of the molecule is CS(=O)(=O)Nc1cc(Br)ccc1C(=O)NC12CC(C(F)(F)F)(C1)C2. The fraction of sp³-hybridized carbons (Fsp3) is 0.500. The number of rotatable bonds is 4. The number of halogens is 4. The summed E-state index contributed by atoms with van der Waals surface area (Å²) < 4.78 is 64.2. The number of alkyl halides is 3. The predicted octanol–water partition coefficient (Wildman–Crippen LogP) is 3.04. The molecule has 2 N–H and O–H groups in total. The molecule has 2 bridgehead atoms. The molecule has 0 spiro atoms. The minimum Gasteiger partial charge on any atom is -0.346 e. The van der Waals surface area contributed by atoms with Gasteiger partial charge in [-0.2, -0.15) is 13.2 Å². The summed E-state index contributed by atoms with van der Waals surface area (Å²) in [4.78, 5) is 12.4. The van der Waals surface area contributed by atoms with Gasteiger partial charge in [0, 0.05) is 10.0 Å². The maximum absolute atomic E-state index is 12.9. The Morgan fingerprint density at radius 3 is 2.33 bits per heavy atom. The van der Waals surface area contributed by atoms with Crippen molar-refractivity contribution in [1.82, 2.24) is 5.32 Å². The number of benzene rings is 1. The molecule has 10 heteroatoms. The third kappa shape index (κ3) is 2.90. The van der Waals surface area contributed by atoms with Crippen LogP contribution in [0.4, 0.5) is 18.9 Å². The van der Waals surface area contributed by atoms with Crippen LogP contribution in [0, 0.1) is 5.41 Å². The first-order valence-electron chi connectivity index (χ1n) is 7.02. The first-order valence-corrected chi connectivity index (χ1v) is 9.70. The zero-order valence-electron chi connectivity index (χ0n) is 12.5. The summed E-state index contributed by atoms with van der Waals surface area (Å²) in [5.41, 5.74) is -2.36. The molecule has 0 saturated heterocycles. The fourth-order valence-corrected chi connectivity index (χ4v) is 4.46. The second-order valence-corrected chi connectivity index (χ2v) is 9.27. The molecule has 1 aromatic carbocycles. The van der Waals surface area contributed by atoms with Crippen molar-refractivity contribution in [1.29, 1.82) is 0 Å². The molecule has 0 atom stereocenters. The van der Waals surface area contributed by atoms with Gasteiger partial charge in [0.15, 0.2) is 0 Å². The summed E-state index contributed by atoms with van der Waals surface area (Å²) in [5, 5.41) is 2.63. The van der Waals surface area contributed by atoms with Gasteiger partial charge in [0.2, 0.25) is 10.0 Å². The molecule has 0 aromatic heterocycles. The van der Waals surface area contributed by atoms with Gasteiger partial charge >= 0.3 is 6.18 Å². The van der Waals surface area contributed by atoms with Gasteiger partial charge in [-0.05, 0) is 37.5 Å². The Labute approximate surface area is 145 Å². The van der Waals surface area contributed by atoms with Crippen LogP contribution in [-0.2, 0) is 10.0 Å². The van der Waals surface area contributed by atoms with Crippen LogP contribution >= 0.6 is 15.9 Å². The Morgan fingerprint density at radius 1 is 1.25 bits per heavy atom. The van der Waals surface area contributed by atoms with Crippen molar-refractivity contribution in [3.05, 3.63) is 28.2 Å². The van der Waals surface area contributed by atoms with Crippen molar-refractivity contribution < 1.29 is 26.4 Å². The lowest BCUT2D eigenvalue weighted by Crippen LogP contribution is -2.78. The molecule has 132 valence electrons. The molecule has 0 unspecified atom stereocenters. The number of sulfonamides is 1. The first kappa shape index (κ1) is 17.5. The number of carbonyl (C=O) groups is 1. The standard InChI is InChI=1S/C14H14BrF3N2O3S/c1-24(22,23)20-10-4-8(15)2-3-9(10)11(21)19-13-5-12(6-13,7-13)14(16,17)18/h2-4,20H,5-7H2,1H3,(H,19,21). The van der Waals surface area contributed by atoms with Crippen molar-refractivity contribution in [2.75, 3.05) is 11.0 Å². The summed E-state index contributed by atoms with van der Waals surface area (Å²) in [5.74, 6) is -0.593. The topological polar surface area (TPSA) is 75.3 Å². The Balaban J connectivity index is 1.76. The van der Waals surface area contributed by atoms with E-state index >= 15 is 0 Å². The smallest absolute Gasteiger partial charge is 0.346 e. The summed E-state index contributed by atoms with van der Waals surface area (Å²) >= 11 is 3.18. The summed E-state index contributed by atoms with van der Waals surface area (Å²) in [7, 11) is -3.60. The van der Waals surface area contributed by atoms with E-state index in [1.165, 1.54) is 12.1 Å². The third-order valence-electron chi connectivity index (χ3n) is 4.53. The Morgan fingerprint density at radius 2 is 1.83 bits per heavy atom. The van der Waals surface area contributed by atoms with E-state index in [4.69, 9.17) is 0 Å². The molecule has 1 amide bonds. The minimum atomic E-state index is -4.25. The van der Waals surface area contributed by atoms with E-state index in [-0.39, 0.29) is 30.5 Å². The summed E-state index contributed by atoms with van der Waals surface area (Å²) in [6.07, 6.45) is -3.67. The normalized spacial score (nSPS) is 28.5. The molecule has 0 aliphatic heterocycles. The molecule has 5 nitrogen and oxygen atoms in total. The quantitative estimate of drug-likeness (QED) is 0.776. The Bertz CT molecular complexity index is 803. The zero-order chi connectivity index (χ0) is 18.0. The van der Waals surface area contributed by atoms with Gasteiger partial charge in [0.1, 0.15) is 0 Å². The monoisotopic (exact) mass is 426 g/mol. The Hall–Kier alpha value is -1.29. The molecule has 0 radical (unpaired) electrons. The molecule has 24 heavy (non-hydrogen) atoms. The van der Waals surface area contributed by atoms with Crippen molar-refractivity contribution in [3.8, 4) is 0 Å². The van der Waals surface area contributed by atoms with Crippen molar-refractivity contribution in [3.63, 3.8) is 0 Å². The first-order chi connectivity index (χ1) is 10.8. The average Bonchev–Trinajstić information content (AvgIpc) is 2.27. The highest BCUT2D eigenvalue weighted by molar-refractivity contribution is 9.10. The van der Waals surface area contributed by atoms with E-state index < -0.39 is 33.1 Å². The Kier molecular flexibility index (Phi) is 3.73. The van der Waals surface area contributed by atoms with Gasteiger partial charge in [0.25, 0.3) is 5.91 Å². The van der Waals surface area contributed by atoms with E-state index in [0.29, 0.717) is 4.47 Å². The molecule has 4 rings (SSSR count). The molecule has 3 fully saturated rings. The van der Waals surface area contributed by atoms with E-state index in [1.807, 2.05) is 0 Å². The van der Waals surface area contributed by atoms with Crippen LogP contribution in [0.5, 0.6) is 0 Å². The zero-order valence-corrected chi connectivity index (χ0v) is 14.9. The second kappa shape index (κ2) is 5.10. The lowest BCUT2D eigenvalue weighted by Gasteiger charge is -2.70. The van der Waals surface area contributed by atoms with Gasteiger partial charge in [-0.15, -0.1) is 0 Å². The minimum absolute atomic E-state index is 0.0643. The largest absolute Gasteiger partial charge is 0.394 e. The van der Waals surface area contributed by atoms with E-state index in [9.17, 15) is 26.4 Å². The number of carbonyl (C=O) groups excluding carboxylic acids is 1. The van der Waals surface area contributed by atoms with Crippen LogP contribution in [0.2, 0.25) is 0 Å². The van der Waals surface area contributed by atoms with Crippen LogP contribution in [0.25, 0.3) is 0 Å².